The third kappa shape index (κ3) is 1.73. The molecule has 0 saturated carbocycles. The first kappa shape index (κ1) is 11.9. The molecule has 3 aromatic rings. The SMILES string of the molecule is O=c1c2c(nc3cc(-c4cccc(Br)c4)[nH]n13)CCC2. The van der Waals surface area contributed by atoms with Crippen LogP contribution in [0.1, 0.15) is 17.7 Å². The van der Waals surface area contributed by atoms with Crippen molar-refractivity contribution >= 4 is 21.6 Å². The van der Waals surface area contributed by atoms with Gasteiger partial charge in [0.2, 0.25) is 0 Å². The highest BCUT2D eigenvalue weighted by molar-refractivity contribution is 9.10. The number of aromatic amines is 1. The largest absolute Gasteiger partial charge is 0.289 e. The van der Waals surface area contributed by atoms with Gasteiger partial charge < -0.3 is 0 Å². The predicted octanol–water partition coefficient (Wildman–Crippen LogP) is 2.94. The first-order chi connectivity index (χ1) is 9.72. The Morgan fingerprint density at radius 2 is 2.15 bits per heavy atom. The van der Waals surface area contributed by atoms with Crippen molar-refractivity contribution in [3.63, 3.8) is 0 Å². The van der Waals surface area contributed by atoms with Crippen molar-refractivity contribution in [1.82, 2.24) is 14.6 Å². The van der Waals surface area contributed by atoms with Crippen molar-refractivity contribution in [3.8, 4) is 11.3 Å². The number of hydrogen-bond acceptors (Lipinski definition) is 2. The summed E-state index contributed by atoms with van der Waals surface area (Å²) in [6.45, 7) is 0. The number of fused-ring (bicyclic) bond motifs is 2. The fourth-order valence-corrected chi connectivity index (χ4v) is 3.20. The molecule has 2 heterocycles. The van der Waals surface area contributed by atoms with E-state index < -0.39 is 0 Å². The van der Waals surface area contributed by atoms with Crippen molar-refractivity contribution in [2.24, 2.45) is 0 Å². The number of nitrogens with one attached hydrogen (secondary N) is 1. The monoisotopic (exact) mass is 329 g/mol. The van der Waals surface area contributed by atoms with E-state index in [1.807, 2.05) is 30.3 Å². The second kappa shape index (κ2) is 4.31. The van der Waals surface area contributed by atoms with Crippen molar-refractivity contribution in [2.45, 2.75) is 19.3 Å². The molecule has 0 amide bonds. The first-order valence-electron chi connectivity index (χ1n) is 6.62. The van der Waals surface area contributed by atoms with Crippen LogP contribution in [0.5, 0.6) is 0 Å². The van der Waals surface area contributed by atoms with E-state index in [1.165, 1.54) is 0 Å². The van der Waals surface area contributed by atoms with Gasteiger partial charge in [0.05, 0.1) is 11.4 Å². The van der Waals surface area contributed by atoms with Crippen LogP contribution < -0.4 is 5.56 Å². The lowest BCUT2D eigenvalue weighted by Gasteiger charge is -1.99. The normalized spacial score (nSPS) is 13.8. The molecule has 0 fully saturated rings. The van der Waals surface area contributed by atoms with E-state index in [-0.39, 0.29) is 5.56 Å². The zero-order chi connectivity index (χ0) is 13.7. The lowest BCUT2D eigenvalue weighted by molar-refractivity contribution is 0.873. The number of hydrogen-bond donors (Lipinski definition) is 1. The highest BCUT2D eigenvalue weighted by Gasteiger charge is 2.19. The molecule has 0 bridgehead atoms. The summed E-state index contributed by atoms with van der Waals surface area (Å²) in [5, 5.41) is 3.16. The number of nitrogens with zero attached hydrogens (tertiary/aromatic N) is 2. The number of aromatic nitrogens is 3. The summed E-state index contributed by atoms with van der Waals surface area (Å²) in [5.41, 5.74) is 4.51. The van der Waals surface area contributed by atoms with Crippen molar-refractivity contribution in [2.75, 3.05) is 0 Å². The molecule has 1 aliphatic carbocycles. The Hall–Kier alpha value is -1.88. The molecule has 0 spiro atoms. The van der Waals surface area contributed by atoms with Gasteiger partial charge in [-0.15, -0.1) is 0 Å². The lowest BCUT2D eigenvalue weighted by atomic mass is 10.2. The molecular formula is C15H12BrN3O. The molecule has 20 heavy (non-hydrogen) atoms. The van der Waals surface area contributed by atoms with Crippen LogP contribution in [0.2, 0.25) is 0 Å². The van der Waals surface area contributed by atoms with Crippen molar-refractivity contribution in [3.05, 3.63) is 56.4 Å². The second-order valence-corrected chi connectivity index (χ2v) is 5.99. The molecule has 1 N–H and O–H groups in total. The standard InChI is InChI=1S/C15H12BrN3O/c16-10-4-1-3-9(7-10)13-8-14-17-12-6-2-5-11(12)15(20)19(14)18-13/h1,3-4,7-8,18H,2,5-6H2. The molecule has 1 aliphatic rings. The maximum absolute atomic E-state index is 12.4. The molecule has 4 rings (SSSR count). The molecule has 2 aromatic heterocycles. The van der Waals surface area contributed by atoms with Crippen molar-refractivity contribution in [1.29, 1.82) is 0 Å². The van der Waals surface area contributed by atoms with Crippen LogP contribution in [-0.4, -0.2) is 14.6 Å². The van der Waals surface area contributed by atoms with Crippen molar-refractivity contribution < 1.29 is 0 Å². The van der Waals surface area contributed by atoms with Gasteiger partial charge in [0.15, 0.2) is 5.65 Å². The molecular weight excluding hydrogens is 318 g/mol. The first-order valence-corrected chi connectivity index (χ1v) is 7.41. The summed E-state index contributed by atoms with van der Waals surface area (Å²) in [4.78, 5) is 17.0. The smallest absolute Gasteiger partial charge is 0.276 e. The molecule has 1 aromatic carbocycles. The van der Waals surface area contributed by atoms with Gasteiger partial charge in [0, 0.05) is 21.7 Å². The van der Waals surface area contributed by atoms with E-state index in [2.05, 4.69) is 26.0 Å². The van der Waals surface area contributed by atoms with Crippen LogP contribution >= 0.6 is 15.9 Å². The van der Waals surface area contributed by atoms with Gasteiger partial charge in [-0.05, 0) is 31.4 Å². The van der Waals surface area contributed by atoms with E-state index in [4.69, 9.17) is 0 Å². The summed E-state index contributed by atoms with van der Waals surface area (Å²) < 4.78 is 2.57. The van der Waals surface area contributed by atoms with Gasteiger partial charge in [-0.25, -0.2) is 9.50 Å². The van der Waals surface area contributed by atoms with E-state index in [0.29, 0.717) is 5.65 Å². The molecule has 100 valence electrons. The number of halogens is 1. The molecule has 0 radical (unpaired) electrons. The fraction of sp³-hybridized carbons (Fsp3) is 0.200. The topological polar surface area (TPSA) is 50.2 Å². The summed E-state index contributed by atoms with van der Waals surface area (Å²) in [6, 6.07) is 9.91. The van der Waals surface area contributed by atoms with E-state index in [0.717, 1.165) is 46.2 Å². The average Bonchev–Trinajstić information content (AvgIpc) is 3.05. The van der Waals surface area contributed by atoms with Gasteiger partial charge in [-0.2, -0.15) is 0 Å². The van der Waals surface area contributed by atoms with Gasteiger partial charge in [0.25, 0.3) is 5.56 Å². The minimum atomic E-state index is 0.0451. The summed E-state index contributed by atoms with van der Waals surface area (Å²) >= 11 is 3.46. The van der Waals surface area contributed by atoms with Gasteiger partial charge in [0.1, 0.15) is 0 Å². The fourth-order valence-electron chi connectivity index (χ4n) is 2.80. The molecule has 0 saturated heterocycles. The van der Waals surface area contributed by atoms with Crippen LogP contribution in [0.3, 0.4) is 0 Å². The zero-order valence-corrected chi connectivity index (χ0v) is 12.3. The zero-order valence-electron chi connectivity index (χ0n) is 10.7. The van der Waals surface area contributed by atoms with E-state index in [1.54, 1.807) is 4.52 Å². The summed E-state index contributed by atoms with van der Waals surface area (Å²) in [6.07, 6.45) is 2.79. The van der Waals surface area contributed by atoms with Gasteiger partial charge in [-0.3, -0.25) is 9.89 Å². The van der Waals surface area contributed by atoms with Gasteiger partial charge >= 0.3 is 0 Å². The van der Waals surface area contributed by atoms with Crippen LogP contribution in [0, 0.1) is 0 Å². The van der Waals surface area contributed by atoms with E-state index in [9.17, 15) is 4.79 Å². The molecule has 0 atom stereocenters. The van der Waals surface area contributed by atoms with Gasteiger partial charge in [-0.1, -0.05) is 28.1 Å². The molecule has 4 nitrogen and oxygen atoms in total. The minimum Gasteiger partial charge on any atom is -0.289 e. The Morgan fingerprint density at radius 1 is 1.25 bits per heavy atom. The molecule has 0 unspecified atom stereocenters. The number of rotatable bonds is 1. The quantitative estimate of drug-likeness (QED) is 0.746. The van der Waals surface area contributed by atoms with Crippen LogP contribution in [0.25, 0.3) is 16.9 Å². The second-order valence-electron chi connectivity index (χ2n) is 5.07. The highest BCUT2D eigenvalue weighted by atomic mass is 79.9. The molecule has 0 aliphatic heterocycles. The summed E-state index contributed by atoms with van der Waals surface area (Å²) in [7, 11) is 0. The Morgan fingerprint density at radius 3 is 3.00 bits per heavy atom. The Labute approximate surface area is 123 Å². The Balaban J connectivity index is 1.96. The molecule has 5 heteroatoms. The van der Waals surface area contributed by atoms with E-state index >= 15 is 0 Å². The number of benzene rings is 1. The number of aryl methyl sites for hydroxylation is 1. The lowest BCUT2D eigenvalue weighted by Crippen LogP contribution is -2.19. The maximum Gasteiger partial charge on any atom is 0.276 e. The maximum atomic E-state index is 12.4. The third-order valence-electron chi connectivity index (χ3n) is 3.77. The number of H-pyrrole nitrogens is 1. The van der Waals surface area contributed by atoms with Crippen LogP contribution in [0.15, 0.2) is 39.6 Å². The Bertz CT molecular complexity index is 878. The predicted molar refractivity (Wildman–Crippen MR) is 81.0 cm³/mol. The van der Waals surface area contributed by atoms with Crippen LogP contribution in [-0.2, 0) is 12.8 Å². The highest BCUT2D eigenvalue weighted by Crippen LogP contribution is 2.23. The third-order valence-corrected chi connectivity index (χ3v) is 4.26. The summed E-state index contributed by atoms with van der Waals surface area (Å²) in [5.74, 6) is 0. The average molecular weight is 330 g/mol. The van der Waals surface area contributed by atoms with Crippen LogP contribution in [0.4, 0.5) is 0 Å². The Kier molecular flexibility index (Phi) is 2.57. The minimum absolute atomic E-state index is 0.0451.